The molecule has 3 aromatic rings. The number of benzene rings is 2. The zero-order valence-electron chi connectivity index (χ0n) is 12.8. The molecule has 0 bridgehead atoms. The van der Waals surface area contributed by atoms with Gasteiger partial charge in [-0.25, -0.2) is 0 Å². The zero-order valence-corrected chi connectivity index (χ0v) is 14.3. The van der Waals surface area contributed by atoms with Crippen molar-refractivity contribution in [3.8, 4) is 0 Å². The van der Waals surface area contributed by atoms with Crippen molar-refractivity contribution in [3.63, 3.8) is 0 Å². The molecule has 0 radical (unpaired) electrons. The third-order valence-corrected chi connectivity index (χ3v) is 3.50. The highest BCUT2D eigenvalue weighted by Gasteiger charge is 2.15. The number of halogens is 2. The molecule has 0 aliphatic carbocycles. The zero-order chi connectivity index (χ0) is 15.9. The van der Waals surface area contributed by atoms with Gasteiger partial charge in [0.05, 0.1) is 12.4 Å². The molecule has 0 fully saturated rings. The summed E-state index contributed by atoms with van der Waals surface area (Å²) >= 11 is 6.05. The van der Waals surface area contributed by atoms with Crippen LogP contribution in [0, 0.1) is 0 Å². The lowest BCUT2D eigenvalue weighted by atomic mass is 10.2. The Balaban J connectivity index is 0.00000208. The summed E-state index contributed by atoms with van der Waals surface area (Å²) in [5.41, 5.74) is 2.06. The van der Waals surface area contributed by atoms with E-state index in [2.05, 4.69) is 10.2 Å². The standard InChI is InChI=1S/C18H16ClN4.ClH/c19-13-18-22(20-14-16-7-3-1-4-8-16)11-12-23(18)21-15-17-9-5-2-6-10-17;/h1-12,14-15H,13H2;1H/q+1;/p-1/b20-14+,21-15+;. The second-order valence-corrected chi connectivity index (χ2v) is 5.11. The lowest BCUT2D eigenvalue weighted by molar-refractivity contribution is -0.684. The first kappa shape index (κ1) is 17.9. The normalized spacial score (nSPS) is 11.0. The van der Waals surface area contributed by atoms with E-state index in [1.54, 1.807) is 21.8 Å². The van der Waals surface area contributed by atoms with E-state index in [-0.39, 0.29) is 12.4 Å². The molecule has 0 saturated carbocycles. The van der Waals surface area contributed by atoms with Crippen LogP contribution in [0.25, 0.3) is 0 Å². The minimum absolute atomic E-state index is 0. The molecule has 0 aliphatic heterocycles. The van der Waals surface area contributed by atoms with E-state index in [1.807, 2.05) is 73.1 Å². The second-order valence-electron chi connectivity index (χ2n) is 4.85. The largest absolute Gasteiger partial charge is 1.00 e. The first-order valence-electron chi connectivity index (χ1n) is 7.23. The number of alkyl halides is 1. The third kappa shape index (κ3) is 4.54. The third-order valence-electron chi connectivity index (χ3n) is 3.26. The van der Waals surface area contributed by atoms with Crippen molar-refractivity contribution in [2.45, 2.75) is 5.88 Å². The van der Waals surface area contributed by atoms with Crippen LogP contribution in [0.3, 0.4) is 0 Å². The van der Waals surface area contributed by atoms with E-state index in [0.29, 0.717) is 5.88 Å². The van der Waals surface area contributed by atoms with Gasteiger partial charge in [0.15, 0.2) is 12.4 Å². The van der Waals surface area contributed by atoms with Crippen LogP contribution >= 0.6 is 11.6 Å². The number of hydrogen-bond acceptors (Lipinski definition) is 2. The summed E-state index contributed by atoms with van der Waals surface area (Å²) < 4.78 is 3.45. The van der Waals surface area contributed by atoms with Gasteiger partial charge in [-0.2, -0.15) is 0 Å². The summed E-state index contributed by atoms with van der Waals surface area (Å²) in [4.78, 5) is 0. The molecule has 4 nitrogen and oxygen atoms in total. The number of imidazole rings is 1. The Labute approximate surface area is 152 Å². The molecule has 0 N–H and O–H groups in total. The van der Waals surface area contributed by atoms with Crippen LogP contribution in [-0.4, -0.2) is 17.1 Å². The predicted molar refractivity (Wildman–Crippen MR) is 93.1 cm³/mol. The summed E-state index contributed by atoms with van der Waals surface area (Å²) in [6.07, 6.45) is 7.25. The lowest BCUT2D eigenvalue weighted by Crippen LogP contribution is -3.00. The SMILES string of the molecule is ClCc1n(/N=C/c2ccccc2)cc[n+]1/N=C/c1ccccc1.[Cl-]. The molecule has 0 saturated heterocycles. The fraction of sp³-hybridized carbons (Fsp3) is 0.0556. The van der Waals surface area contributed by atoms with Crippen molar-refractivity contribution in [2.75, 3.05) is 0 Å². The summed E-state index contributed by atoms with van der Waals surface area (Å²) in [6, 6.07) is 19.8. The first-order chi connectivity index (χ1) is 11.4. The van der Waals surface area contributed by atoms with Crippen LogP contribution in [0.15, 0.2) is 83.3 Å². The highest BCUT2D eigenvalue weighted by Crippen LogP contribution is 2.02. The second kappa shape index (κ2) is 9.01. The van der Waals surface area contributed by atoms with Gasteiger partial charge in [0.1, 0.15) is 5.88 Å². The van der Waals surface area contributed by atoms with Crippen LogP contribution in [0.4, 0.5) is 0 Å². The van der Waals surface area contributed by atoms with Crippen LogP contribution in [-0.2, 0) is 5.88 Å². The van der Waals surface area contributed by atoms with Crippen molar-refractivity contribution >= 4 is 24.0 Å². The van der Waals surface area contributed by atoms with Crippen LogP contribution in [0.2, 0.25) is 0 Å². The maximum absolute atomic E-state index is 6.05. The fourth-order valence-corrected chi connectivity index (χ4v) is 2.32. The van der Waals surface area contributed by atoms with Gasteiger partial charge < -0.3 is 12.4 Å². The van der Waals surface area contributed by atoms with Crippen molar-refractivity contribution in [1.29, 1.82) is 0 Å². The molecule has 24 heavy (non-hydrogen) atoms. The minimum Gasteiger partial charge on any atom is -1.00 e. The Morgan fingerprint density at radius 3 is 2.08 bits per heavy atom. The fourth-order valence-electron chi connectivity index (χ4n) is 2.07. The average Bonchev–Trinajstić information content (AvgIpc) is 3.02. The molecule has 1 heterocycles. The summed E-state index contributed by atoms with van der Waals surface area (Å²) in [5.74, 6) is 1.09. The van der Waals surface area contributed by atoms with E-state index in [1.165, 1.54) is 0 Å². The smallest absolute Gasteiger partial charge is 0.322 e. The molecule has 6 heteroatoms. The van der Waals surface area contributed by atoms with Gasteiger partial charge >= 0.3 is 5.82 Å². The molecule has 3 rings (SSSR count). The van der Waals surface area contributed by atoms with Crippen molar-refractivity contribution in [3.05, 3.63) is 90.0 Å². The quantitative estimate of drug-likeness (QED) is 0.356. The molecule has 2 aromatic carbocycles. The number of hydrogen-bond donors (Lipinski definition) is 0. The Kier molecular flexibility index (Phi) is 6.73. The molecule has 0 spiro atoms. The van der Waals surface area contributed by atoms with Gasteiger partial charge in [0.2, 0.25) is 0 Å². The highest BCUT2D eigenvalue weighted by atomic mass is 35.5. The van der Waals surface area contributed by atoms with E-state index in [9.17, 15) is 0 Å². The molecule has 1 aromatic heterocycles. The van der Waals surface area contributed by atoms with E-state index >= 15 is 0 Å². The Morgan fingerprint density at radius 1 is 0.917 bits per heavy atom. The van der Waals surface area contributed by atoms with Crippen LogP contribution < -0.4 is 17.1 Å². The number of rotatable bonds is 5. The predicted octanol–water partition coefficient (Wildman–Crippen LogP) is 0.283. The van der Waals surface area contributed by atoms with Gasteiger partial charge in [0.25, 0.3) is 0 Å². The number of aromatic nitrogens is 2. The molecule has 0 amide bonds. The number of nitrogens with zero attached hydrogens (tertiary/aromatic N) is 4. The van der Waals surface area contributed by atoms with Gasteiger partial charge in [0, 0.05) is 0 Å². The topological polar surface area (TPSA) is 33.5 Å². The van der Waals surface area contributed by atoms with E-state index in [4.69, 9.17) is 11.6 Å². The van der Waals surface area contributed by atoms with Crippen molar-refractivity contribution in [2.24, 2.45) is 10.2 Å². The molecule has 122 valence electrons. The van der Waals surface area contributed by atoms with E-state index in [0.717, 1.165) is 17.0 Å². The Hall–Kier alpha value is -2.43. The minimum atomic E-state index is 0. The van der Waals surface area contributed by atoms with Gasteiger partial charge in [-0.15, -0.1) is 21.0 Å². The average molecular weight is 359 g/mol. The summed E-state index contributed by atoms with van der Waals surface area (Å²) in [5, 5.41) is 8.87. The monoisotopic (exact) mass is 358 g/mol. The molecule has 0 aliphatic rings. The highest BCUT2D eigenvalue weighted by molar-refractivity contribution is 6.16. The summed E-state index contributed by atoms with van der Waals surface area (Å²) in [7, 11) is 0. The molecular formula is C18H16Cl2N4. The van der Waals surface area contributed by atoms with Crippen molar-refractivity contribution in [1.82, 2.24) is 4.68 Å². The lowest BCUT2D eigenvalue weighted by Gasteiger charge is -1.93. The van der Waals surface area contributed by atoms with Crippen molar-refractivity contribution < 1.29 is 17.1 Å². The van der Waals surface area contributed by atoms with Gasteiger partial charge in [-0.05, 0) is 11.1 Å². The maximum atomic E-state index is 6.05. The molecule has 0 atom stereocenters. The Morgan fingerprint density at radius 2 is 1.50 bits per heavy atom. The molecular weight excluding hydrogens is 343 g/mol. The Bertz CT molecular complexity index is 745. The first-order valence-corrected chi connectivity index (χ1v) is 7.77. The van der Waals surface area contributed by atoms with Crippen LogP contribution in [0.1, 0.15) is 17.0 Å². The summed E-state index contributed by atoms with van der Waals surface area (Å²) in [6.45, 7) is 0. The molecule has 0 unspecified atom stereocenters. The maximum Gasteiger partial charge on any atom is 0.322 e. The van der Waals surface area contributed by atoms with Gasteiger partial charge in [-0.1, -0.05) is 70.9 Å². The van der Waals surface area contributed by atoms with Crippen LogP contribution in [0.5, 0.6) is 0 Å². The van der Waals surface area contributed by atoms with Gasteiger partial charge in [-0.3, -0.25) is 0 Å². The van der Waals surface area contributed by atoms with E-state index < -0.39 is 0 Å².